The molecule has 0 unspecified atom stereocenters. The molecule has 1 aliphatic carbocycles. The van der Waals surface area contributed by atoms with Crippen molar-refractivity contribution in [2.75, 3.05) is 5.32 Å². The van der Waals surface area contributed by atoms with Crippen LogP contribution in [-0.2, 0) is 6.54 Å². The van der Waals surface area contributed by atoms with Crippen LogP contribution in [0.15, 0.2) is 24.5 Å². The summed E-state index contributed by atoms with van der Waals surface area (Å²) in [5.74, 6) is -0.0616. The van der Waals surface area contributed by atoms with Crippen LogP contribution in [-0.4, -0.2) is 21.9 Å². The predicted octanol–water partition coefficient (Wildman–Crippen LogP) is 3.52. The second-order valence-corrected chi connectivity index (χ2v) is 6.95. The number of hydrogen-bond acceptors (Lipinski definition) is 5. The molecule has 6 heteroatoms. The number of aryl methyl sites for hydroxylation is 1. The van der Waals surface area contributed by atoms with Crippen molar-refractivity contribution in [1.29, 1.82) is 0 Å². The van der Waals surface area contributed by atoms with Gasteiger partial charge < -0.3 is 10.6 Å². The summed E-state index contributed by atoms with van der Waals surface area (Å²) in [5, 5.41) is 7.30. The number of carbonyl (C=O) groups is 1. The normalized spacial score (nSPS) is 15.3. The van der Waals surface area contributed by atoms with Gasteiger partial charge in [0.15, 0.2) is 5.13 Å². The third-order valence-electron chi connectivity index (χ3n) is 4.14. The second kappa shape index (κ2) is 7.55. The van der Waals surface area contributed by atoms with Crippen molar-refractivity contribution < 1.29 is 4.79 Å². The summed E-state index contributed by atoms with van der Waals surface area (Å²) < 4.78 is 0. The van der Waals surface area contributed by atoms with Gasteiger partial charge in [-0.15, -0.1) is 0 Å². The molecule has 0 radical (unpaired) electrons. The number of anilines is 1. The molecule has 0 spiro atoms. The zero-order valence-electron chi connectivity index (χ0n) is 13.3. The SMILES string of the molecule is Cc1nc(NC2CCCCC2)sc1C(=O)NCc1ccncc1. The van der Waals surface area contributed by atoms with Crippen LogP contribution < -0.4 is 10.6 Å². The molecule has 5 nitrogen and oxygen atoms in total. The first-order valence-electron chi connectivity index (χ1n) is 8.13. The number of rotatable bonds is 5. The van der Waals surface area contributed by atoms with E-state index in [1.165, 1.54) is 43.4 Å². The Labute approximate surface area is 140 Å². The number of nitrogens with one attached hydrogen (secondary N) is 2. The average molecular weight is 330 g/mol. The Kier molecular flexibility index (Phi) is 5.23. The summed E-state index contributed by atoms with van der Waals surface area (Å²) in [6.45, 7) is 2.40. The molecule has 0 saturated heterocycles. The molecule has 2 aromatic heterocycles. The van der Waals surface area contributed by atoms with Crippen LogP contribution >= 0.6 is 11.3 Å². The van der Waals surface area contributed by atoms with Gasteiger partial charge in [-0.1, -0.05) is 30.6 Å². The Morgan fingerprint density at radius 3 is 2.74 bits per heavy atom. The highest BCUT2D eigenvalue weighted by Crippen LogP contribution is 2.26. The highest BCUT2D eigenvalue weighted by Gasteiger charge is 2.18. The fourth-order valence-electron chi connectivity index (χ4n) is 2.85. The molecule has 1 aliphatic rings. The van der Waals surface area contributed by atoms with Crippen LogP contribution in [0.4, 0.5) is 5.13 Å². The summed E-state index contributed by atoms with van der Waals surface area (Å²) >= 11 is 1.45. The van der Waals surface area contributed by atoms with Gasteiger partial charge in [0.2, 0.25) is 0 Å². The third-order valence-corrected chi connectivity index (χ3v) is 5.23. The maximum absolute atomic E-state index is 12.4. The van der Waals surface area contributed by atoms with E-state index in [1.807, 2.05) is 19.1 Å². The quantitative estimate of drug-likeness (QED) is 0.880. The van der Waals surface area contributed by atoms with Crippen LogP contribution in [0.5, 0.6) is 0 Å². The molecule has 1 fully saturated rings. The average Bonchev–Trinajstić information content (AvgIpc) is 2.95. The van der Waals surface area contributed by atoms with Gasteiger partial charge in [0, 0.05) is 25.0 Å². The van der Waals surface area contributed by atoms with Gasteiger partial charge >= 0.3 is 0 Å². The first-order chi connectivity index (χ1) is 11.2. The molecule has 2 heterocycles. The number of thiazole rings is 1. The molecule has 122 valence electrons. The van der Waals surface area contributed by atoms with Crippen LogP contribution in [0.25, 0.3) is 0 Å². The highest BCUT2D eigenvalue weighted by molar-refractivity contribution is 7.17. The minimum atomic E-state index is -0.0616. The maximum atomic E-state index is 12.4. The smallest absolute Gasteiger partial charge is 0.263 e. The number of pyridine rings is 1. The number of hydrogen-bond donors (Lipinski definition) is 2. The van der Waals surface area contributed by atoms with E-state index < -0.39 is 0 Å². The topological polar surface area (TPSA) is 66.9 Å². The lowest BCUT2D eigenvalue weighted by Crippen LogP contribution is -2.22. The molecule has 23 heavy (non-hydrogen) atoms. The van der Waals surface area contributed by atoms with Gasteiger partial charge in [-0.25, -0.2) is 4.98 Å². The van der Waals surface area contributed by atoms with E-state index in [-0.39, 0.29) is 5.91 Å². The molecule has 2 N–H and O–H groups in total. The van der Waals surface area contributed by atoms with Crippen molar-refractivity contribution >= 4 is 22.4 Å². The summed E-state index contributed by atoms with van der Waals surface area (Å²) in [5.41, 5.74) is 1.83. The van der Waals surface area contributed by atoms with E-state index >= 15 is 0 Å². The Balaban J connectivity index is 1.59. The number of amides is 1. The molecule has 0 bridgehead atoms. The molecule has 3 rings (SSSR count). The van der Waals surface area contributed by atoms with Crippen LogP contribution in [0.3, 0.4) is 0 Å². The second-order valence-electron chi connectivity index (χ2n) is 5.95. The molecule has 1 amide bonds. The molecule has 0 atom stereocenters. The van der Waals surface area contributed by atoms with Crippen molar-refractivity contribution in [3.8, 4) is 0 Å². The Bertz CT molecular complexity index is 650. The largest absolute Gasteiger partial charge is 0.359 e. The van der Waals surface area contributed by atoms with Gasteiger partial charge in [-0.3, -0.25) is 9.78 Å². The fourth-order valence-corrected chi connectivity index (χ4v) is 3.81. The molecule has 1 saturated carbocycles. The van der Waals surface area contributed by atoms with Gasteiger partial charge in [-0.05, 0) is 37.5 Å². The first-order valence-corrected chi connectivity index (χ1v) is 8.95. The highest BCUT2D eigenvalue weighted by atomic mass is 32.1. The van der Waals surface area contributed by atoms with Crippen LogP contribution in [0.2, 0.25) is 0 Å². The van der Waals surface area contributed by atoms with Crippen LogP contribution in [0.1, 0.15) is 53.0 Å². The summed E-state index contributed by atoms with van der Waals surface area (Å²) in [4.78, 5) is 21.5. The van der Waals surface area contributed by atoms with Crippen molar-refractivity contribution in [2.24, 2.45) is 0 Å². The minimum Gasteiger partial charge on any atom is -0.359 e. The van der Waals surface area contributed by atoms with E-state index in [0.717, 1.165) is 16.4 Å². The Hall–Kier alpha value is -1.95. The minimum absolute atomic E-state index is 0.0616. The number of nitrogens with zero attached hydrogens (tertiary/aromatic N) is 2. The fraction of sp³-hybridized carbons (Fsp3) is 0.471. The van der Waals surface area contributed by atoms with Crippen molar-refractivity contribution in [1.82, 2.24) is 15.3 Å². The molecule has 0 aromatic carbocycles. The lowest BCUT2D eigenvalue weighted by atomic mass is 9.96. The zero-order chi connectivity index (χ0) is 16.1. The zero-order valence-corrected chi connectivity index (χ0v) is 14.2. The monoisotopic (exact) mass is 330 g/mol. The molecule has 0 aliphatic heterocycles. The van der Waals surface area contributed by atoms with E-state index in [1.54, 1.807) is 12.4 Å². The molecule has 2 aromatic rings. The Morgan fingerprint density at radius 2 is 2.00 bits per heavy atom. The maximum Gasteiger partial charge on any atom is 0.263 e. The standard InChI is InChI=1S/C17H22N4OS/c1-12-15(16(22)19-11-13-7-9-18-10-8-13)23-17(20-12)21-14-5-3-2-4-6-14/h7-10,14H,2-6,11H2,1H3,(H,19,22)(H,20,21). The first kappa shape index (κ1) is 15.9. The van der Waals surface area contributed by atoms with Crippen molar-refractivity contribution in [2.45, 2.75) is 51.6 Å². The van der Waals surface area contributed by atoms with Crippen molar-refractivity contribution in [3.05, 3.63) is 40.7 Å². The van der Waals surface area contributed by atoms with E-state index in [2.05, 4.69) is 20.6 Å². The summed E-state index contributed by atoms with van der Waals surface area (Å²) in [7, 11) is 0. The van der Waals surface area contributed by atoms with Gasteiger partial charge in [0.05, 0.1) is 5.69 Å². The van der Waals surface area contributed by atoms with E-state index in [9.17, 15) is 4.79 Å². The van der Waals surface area contributed by atoms with Gasteiger partial charge in [-0.2, -0.15) is 0 Å². The number of carbonyl (C=O) groups excluding carboxylic acids is 1. The summed E-state index contributed by atoms with van der Waals surface area (Å²) in [6, 6.07) is 4.30. The Morgan fingerprint density at radius 1 is 1.26 bits per heavy atom. The lowest BCUT2D eigenvalue weighted by molar-refractivity contribution is 0.0954. The van der Waals surface area contributed by atoms with Crippen LogP contribution in [0, 0.1) is 6.92 Å². The molecular formula is C17H22N4OS. The lowest BCUT2D eigenvalue weighted by Gasteiger charge is -2.22. The van der Waals surface area contributed by atoms with Gasteiger partial charge in [0.1, 0.15) is 4.88 Å². The molecular weight excluding hydrogens is 308 g/mol. The van der Waals surface area contributed by atoms with E-state index in [0.29, 0.717) is 17.5 Å². The third kappa shape index (κ3) is 4.28. The van der Waals surface area contributed by atoms with Crippen molar-refractivity contribution in [3.63, 3.8) is 0 Å². The number of aromatic nitrogens is 2. The van der Waals surface area contributed by atoms with E-state index in [4.69, 9.17) is 0 Å². The summed E-state index contributed by atoms with van der Waals surface area (Å²) in [6.07, 6.45) is 9.74. The van der Waals surface area contributed by atoms with Gasteiger partial charge in [0.25, 0.3) is 5.91 Å². The predicted molar refractivity (Wildman–Crippen MR) is 92.8 cm³/mol.